The number of hydrogen-bond acceptors (Lipinski definition) is 2. The Kier molecular flexibility index (Phi) is 5.59. The largest absolute Gasteiger partial charge is 0.491 e. The minimum atomic E-state index is -4.36. The number of alkyl halides is 4. The first-order chi connectivity index (χ1) is 8.90. The van der Waals surface area contributed by atoms with E-state index >= 15 is 0 Å². The standard InChI is InChI=1S/C12H13F4NO2/c13-6-7-19-10-3-1-2-9(8-10)17-11(18)4-5-12(14,15)16/h1-3,8H,4-7H2,(H,17,18). The second-order valence-electron chi connectivity index (χ2n) is 3.73. The number of carbonyl (C=O) groups is 1. The molecule has 19 heavy (non-hydrogen) atoms. The van der Waals surface area contributed by atoms with Crippen LogP contribution in [0, 0.1) is 0 Å². The summed E-state index contributed by atoms with van der Waals surface area (Å²) in [6.45, 7) is -0.770. The molecule has 0 bridgehead atoms. The number of nitrogens with one attached hydrogen (secondary N) is 1. The van der Waals surface area contributed by atoms with Gasteiger partial charge in [0.2, 0.25) is 5.91 Å². The molecule has 1 amide bonds. The maximum atomic E-state index is 11.9. The van der Waals surface area contributed by atoms with Crippen molar-refractivity contribution >= 4 is 11.6 Å². The molecule has 0 atom stereocenters. The molecule has 1 rings (SSSR count). The SMILES string of the molecule is O=C(CCC(F)(F)F)Nc1cccc(OCCF)c1. The van der Waals surface area contributed by atoms with Crippen LogP contribution in [-0.4, -0.2) is 25.4 Å². The lowest BCUT2D eigenvalue weighted by molar-refractivity contribution is -0.142. The summed E-state index contributed by atoms with van der Waals surface area (Å²) in [5, 5.41) is 2.32. The molecule has 0 spiro atoms. The van der Waals surface area contributed by atoms with Gasteiger partial charge in [0, 0.05) is 18.2 Å². The van der Waals surface area contributed by atoms with Gasteiger partial charge in [-0.1, -0.05) is 6.07 Å². The van der Waals surface area contributed by atoms with Gasteiger partial charge in [-0.05, 0) is 12.1 Å². The average molecular weight is 279 g/mol. The van der Waals surface area contributed by atoms with Crippen molar-refractivity contribution in [1.82, 2.24) is 0 Å². The summed E-state index contributed by atoms with van der Waals surface area (Å²) in [6.07, 6.45) is -6.17. The van der Waals surface area contributed by atoms with Gasteiger partial charge in [0.15, 0.2) is 0 Å². The van der Waals surface area contributed by atoms with E-state index in [2.05, 4.69) is 5.32 Å². The highest BCUT2D eigenvalue weighted by molar-refractivity contribution is 5.90. The van der Waals surface area contributed by atoms with Crippen molar-refractivity contribution in [3.8, 4) is 5.75 Å². The Morgan fingerprint density at radius 3 is 2.68 bits per heavy atom. The van der Waals surface area contributed by atoms with Gasteiger partial charge in [-0.2, -0.15) is 13.2 Å². The highest BCUT2D eigenvalue weighted by atomic mass is 19.4. The minimum absolute atomic E-state index is 0.120. The molecule has 0 fully saturated rings. The quantitative estimate of drug-likeness (QED) is 0.811. The number of benzene rings is 1. The summed E-state index contributed by atoms with van der Waals surface area (Å²) < 4.78 is 52.7. The second kappa shape index (κ2) is 6.96. The van der Waals surface area contributed by atoms with Gasteiger partial charge in [-0.3, -0.25) is 4.79 Å². The van der Waals surface area contributed by atoms with Crippen LogP contribution in [0.3, 0.4) is 0 Å². The number of amides is 1. The third-order valence-electron chi connectivity index (χ3n) is 2.10. The Balaban J connectivity index is 2.49. The Hall–Kier alpha value is -1.79. The summed E-state index contributed by atoms with van der Waals surface area (Å²) in [5.41, 5.74) is 0.309. The molecule has 0 saturated carbocycles. The van der Waals surface area contributed by atoms with Crippen LogP contribution >= 0.6 is 0 Å². The van der Waals surface area contributed by atoms with Gasteiger partial charge in [0.1, 0.15) is 19.0 Å². The number of anilines is 1. The van der Waals surface area contributed by atoms with Crippen LogP contribution in [0.1, 0.15) is 12.8 Å². The molecule has 0 aliphatic carbocycles. The number of carbonyl (C=O) groups excluding carboxylic acids is 1. The molecule has 1 N–H and O–H groups in total. The van der Waals surface area contributed by atoms with Crippen molar-refractivity contribution in [3.05, 3.63) is 24.3 Å². The molecule has 3 nitrogen and oxygen atoms in total. The molecule has 0 radical (unpaired) electrons. The summed E-state index contributed by atoms with van der Waals surface area (Å²) in [6, 6.07) is 6.03. The predicted molar refractivity (Wildman–Crippen MR) is 61.8 cm³/mol. The number of rotatable bonds is 6. The highest BCUT2D eigenvalue weighted by Gasteiger charge is 2.27. The van der Waals surface area contributed by atoms with E-state index in [-0.39, 0.29) is 6.61 Å². The van der Waals surface area contributed by atoms with Crippen LogP contribution in [0.4, 0.5) is 23.2 Å². The maximum Gasteiger partial charge on any atom is 0.389 e. The Labute approximate surface area is 107 Å². The van der Waals surface area contributed by atoms with E-state index in [1.54, 1.807) is 12.1 Å². The van der Waals surface area contributed by atoms with Crippen molar-refractivity contribution in [2.75, 3.05) is 18.6 Å². The fourth-order valence-electron chi connectivity index (χ4n) is 1.30. The van der Waals surface area contributed by atoms with Gasteiger partial charge in [-0.15, -0.1) is 0 Å². The minimum Gasteiger partial charge on any atom is -0.491 e. The van der Waals surface area contributed by atoms with Crippen LogP contribution in [-0.2, 0) is 4.79 Å². The van der Waals surface area contributed by atoms with Crippen LogP contribution in [0.2, 0.25) is 0 Å². The van der Waals surface area contributed by atoms with Gasteiger partial charge < -0.3 is 10.1 Å². The summed E-state index contributed by atoms with van der Waals surface area (Å²) in [7, 11) is 0. The number of halogens is 4. The van der Waals surface area contributed by atoms with Crippen molar-refractivity contribution in [2.45, 2.75) is 19.0 Å². The molecule has 0 heterocycles. The maximum absolute atomic E-state index is 11.9. The lowest BCUT2D eigenvalue weighted by Gasteiger charge is -2.09. The van der Waals surface area contributed by atoms with Crippen molar-refractivity contribution in [2.24, 2.45) is 0 Å². The van der Waals surface area contributed by atoms with E-state index in [1.807, 2.05) is 0 Å². The number of hydrogen-bond donors (Lipinski definition) is 1. The molecular weight excluding hydrogens is 266 g/mol. The van der Waals surface area contributed by atoms with E-state index in [1.165, 1.54) is 12.1 Å². The molecule has 7 heteroatoms. The molecule has 0 saturated heterocycles. The Morgan fingerprint density at radius 2 is 2.05 bits per heavy atom. The molecule has 1 aromatic rings. The first kappa shape index (κ1) is 15.3. The summed E-state index contributed by atoms with van der Waals surface area (Å²) >= 11 is 0. The fourth-order valence-corrected chi connectivity index (χ4v) is 1.30. The predicted octanol–water partition coefficient (Wildman–Crippen LogP) is 3.32. The topological polar surface area (TPSA) is 38.3 Å². The molecule has 0 unspecified atom stereocenters. The van der Waals surface area contributed by atoms with Gasteiger partial charge in [-0.25, -0.2) is 4.39 Å². The zero-order chi connectivity index (χ0) is 14.3. The van der Waals surface area contributed by atoms with Gasteiger partial charge in [0.05, 0.1) is 6.42 Å². The van der Waals surface area contributed by atoms with E-state index < -0.39 is 31.6 Å². The summed E-state index contributed by atoms with van der Waals surface area (Å²) in [5.74, 6) is -0.397. The third kappa shape index (κ3) is 6.64. The van der Waals surface area contributed by atoms with Crippen molar-refractivity contribution in [1.29, 1.82) is 0 Å². The normalized spacial score (nSPS) is 11.2. The van der Waals surface area contributed by atoms with Crippen molar-refractivity contribution in [3.63, 3.8) is 0 Å². The molecule has 0 aromatic heterocycles. The number of ether oxygens (including phenoxy) is 1. The van der Waals surface area contributed by atoms with Gasteiger partial charge >= 0.3 is 6.18 Å². The molecule has 1 aromatic carbocycles. The third-order valence-corrected chi connectivity index (χ3v) is 2.10. The van der Waals surface area contributed by atoms with E-state index in [0.717, 1.165) is 0 Å². The molecule has 0 aliphatic heterocycles. The van der Waals surface area contributed by atoms with E-state index in [4.69, 9.17) is 4.74 Å². The van der Waals surface area contributed by atoms with Crippen LogP contribution in [0.15, 0.2) is 24.3 Å². The van der Waals surface area contributed by atoms with Crippen molar-refractivity contribution < 1.29 is 27.1 Å². The molecular formula is C12H13F4NO2. The molecule has 0 aliphatic rings. The van der Waals surface area contributed by atoms with Crippen LogP contribution < -0.4 is 10.1 Å². The van der Waals surface area contributed by atoms with Crippen LogP contribution in [0.25, 0.3) is 0 Å². The summed E-state index contributed by atoms with van der Waals surface area (Å²) in [4.78, 5) is 11.3. The first-order valence-electron chi connectivity index (χ1n) is 5.56. The van der Waals surface area contributed by atoms with Crippen LogP contribution in [0.5, 0.6) is 5.75 Å². The highest BCUT2D eigenvalue weighted by Crippen LogP contribution is 2.22. The van der Waals surface area contributed by atoms with Gasteiger partial charge in [0.25, 0.3) is 0 Å². The zero-order valence-corrected chi connectivity index (χ0v) is 9.97. The Morgan fingerprint density at radius 1 is 1.32 bits per heavy atom. The Bertz CT molecular complexity index is 420. The first-order valence-corrected chi connectivity index (χ1v) is 5.56. The zero-order valence-electron chi connectivity index (χ0n) is 9.97. The lowest BCUT2D eigenvalue weighted by atomic mass is 10.2. The van der Waals surface area contributed by atoms with E-state index in [0.29, 0.717) is 11.4 Å². The second-order valence-corrected chi connectivity index (χ2v) is 3.73. The average Bonchev–Trinajstić information content (AvgIpc) is 2.33. The monoisotopic (exact) mass is 279 g/mol. The molecule has 106 valence electrons. The smallest absolute Gasteiger partial charge is 0.389 e. The van der Waals surface area contributed by atoms with E-state index in [9.17, 15) is 22.4 Å². The lowest BCUT2D eigenvalue weighted by Crippen LogP contribution is -2.16. The fraction of sp³-hybridized carbons (Fsp3) is 0.417.